The van der Waals surface area contributed by atoms with Crippen molar-refractivity contribution in [2.24, 2.45) is 0 Å². The summed E-state index contributed by atoms with van der Waals surface area (Å²) in [4.78, 5) is 12.4. The van der Waals surface area contributed by atoms with E-state index in [0.717, 1.165) is 19.6 Å². The first-order valence-corrected chi connectivity index (χ1v) is 3.86. The molecule has 1 aliphatic heterocycles. The average molecular weight is 160 g/mol. The number of nitrogens with one attached hydrogen (secondary N) is 1. The van der Waals surface area contributed by atoms with Crippen LogP contribution in [0.2, 0.25) is 0 Å². The number of thiol groups is 1. The van der Waals surface area contributed by atoms with Gasteiger partial charge in [-0.1, -0.05) is 12.6 Å². The Bertz CT molecular complexity index is 140. The molecule has 3 nitrogen and oxygen atoms in total. The third-order valence-corrected chi connectivity index (χ3v) is 1.92. The van der Waals surface area contributed by atoms with E-state index < -0.39 is 0 Å². The molecule has 1 aliphatic rings. The summed E-state index contributed by atoms with van der Waals surface area (Å²) < 4.78 is 0. The largest absolute Gasteiger partial charge is 0.331 e. The number of nitrogens with zero attached hydrogens (tertiary/aromatic N) is 1. The van der Waals surface area contributed by atoms with Gasteiger partial charge in [-0.25, -0.2) is 0 Å². The van der Waals surface area contributed by atoms with Crippen LogP contribution in [0.3, 0.4) is 0 Å². The van der Waals surface area contributed by atoms with E-state index in [-0.39, 0.29) is 5.24 Å². The zero-order valence-electron chi connectivity index (χ0n) is 6.00. The molecule has 0 aliphatic carbocycles. The molecular formula is C6H12N2OS. The van der Waals surface area contributed by atoms with Gasteiger partial charge in [-0.05, 0) is 6.92 Å². The molecule has 0 spiro atoms. The maximum Gasteiger partial charge on any atom is 0.278 e. The van der Waals surface area contributed by atoms with Gasteiger partial charge in [0, 0.05) is 25.7 Å². The Balaban J connectivity index is 2.39. The Hall–Kier alpha value is -0.220. The highest BCUT2D eigenvalue weighted by molar-refractivity contribution is 7.96. The van der Waals surface area contributed by atoms with Crippen molar-refractivity contribution in [1.82, 2.24) is 10.2 Å². The Labute approximate surface area is 66.2 Å². The fourth-order valence-electron chi connectivity index (χ4n) is 1.11. The molecule has 1 amide bonds. The lowest BCUT2D eigenvalue weighted by Crippen LogP contribution is -2.49. The number of rotatable bonds is 0. The van der Waals surface area contributed by atoms with Gasteiger partial charge in [-0.3, -0.25) is 4.79 Å². The maximum atomic E-state index is 10.7. The summed E-state index contributed by atoms with van der Waals surface area (Å²) in [6.45, 7) is 4.51. The van der Waals surface area contributed by atoms with Crippen LogP contribution in [0.15, 0.2) is 0 Å². The van der Waals surface area contributed by atoms with Gasteiger partial charge in [0.25, 0.3) is 5.24 Å². The van der Waals surface area contributed by atoms with Crippen molar-refractivity contribution in [3.8, 4) is 0 Å². The molecule has 10 heavy (non-hydrogen) atoms. The van der Waals surface area contributed by atoms with E-state index >= 15 is 0 Å². The van der Waals surface area contributed by atoms with Crippen LogP contribution in [0.5, 0.6) is 0 Å². The first-order valence-electron chi connectivity index (χ1n) is 3.41. The Morgan fingerprint density at radius 1 is 1.80 bits per heavy atom. The highest BCUT2D eigenvalue weighted by Crippen LogP contribution is 2.01. The highest BCUT2D eigenvalue weighted by atomic mass is 32.1. The molecule has 4 heteroatoms. The van der Waals surface area contributed by atoms with Crippen LogP contribution < -0.4 is 5.32 Å². The number of carbonyl (C=O) groups is 1. The van der Waals surface area contributed by atoms with Crippen molar-refractivity contribution in [2.45, 2.75) is 13.0 Å². The summed E-state index contributed by atoms with van der Waals surface area (Å²) in [6.07, 6.45) is 0. The second kappa shape index (κ2) is 3.25. The van der Waals surface area contributed by atoms with Crippen LogP contribution in [0.1, 0.15) is 6.92 Å². The number of piperazine rings is 1. The highest BCUT2D eigenvalue weighted by Gasteiger charge is 2.17. The molecule has 1 rings (SSSR count). The van der Waals surface area contributed by atoms with E-state index in [1.54, 1.807) is 4.90 Å². The van der Waals surface area contributed by atoms with Gasteiger partial charge in [0.1, 0.15) is 0 Å². The Kier molecular flexibility index (Phi) is 2.56. The van der Waals surface area contributed by atoms with Crippen molar-refractivity contribution >= 4 is 17.9 Å². The molecule has 0 unspecified atom stereocenters. The van der Waals surface area contributed by atoms with E-state index in [2.05, 4.69) is 24.9 Å². The maximum absolute atomic E-state index is 10.7. The number of carbonyl (C=O) groups excluding carboxylic acids is 1. The molecule has 0 aromatic rings. The van der Waals surface area contributed by atoms with Crippen LogP contribution in [-0.4, -0.2) is 35.8 Å². The topological polar surface area (TPSA) is 32.3 Å². The lowest BCUT2D eigenvalue weighted by atomic mass is 10.2. The summed E-state index contributed by atoms with van der Waals surface area (Å²) in [5.74, 6) is 0. The molecule has 1 heterocycles. The summed E-state index contributed by atoms with van der Waals surface area (Å²) in [6, 6.07) is 0.407. The first kappa shape index (κ1) is 7.88. The average Bonchev–Trinajstić information content (AvgIpc) is 1.88. The molecule has 58 valence electrons. The van der Waals surface area contributed by atoms with Gasteiger partial charge in [0.05, 0.1) is 0 Å². The fraction of sp³-hybridized carbons (Fsp3) is 0.833. The van der Waals surface area contributed by atoms with E-state index in [1.807, 2.05) is 0 Å². The molecule has 0 radical (unpaired) electrons. The summed E-state index contributed by atoms with van der Waals surface area (Å²) >= 11 is 3.74. The molecule has 1 fully saturated rings. The number of hydrogen-bond acceptors (Lipinski definition) is 2. The van der Waals surface area contributed by atoms with E-state index in [4.69, 9.17) is 0 Å². The smallest absolute Gasteiger partial charge is 0.278 e. The SMILES string of the molecule is C[C@H]1CN(C(=O)S)CCN1. The molecule has 1 atom stereocenters. The molecule has 0 aromatic carbocycles. The van der Waals surface area contributed by atoms with Crippen LogP contribution in [0.4, 0.5) is 4.79 Å². The van der Waals surface area contributed by atoms with Gasteiger partial charge < -0.3 is 10.2 Å². The van der Waals surface area contributed by atoms with Gasteiger partial charge in [-0.15, -0.1) is 0 Å². The van der Waals surface area contributed by atoms with Crippen molar-refractivity contribution in [3.05, 3.63) is 0 Å². The zero-order chi connectivity index (χ0) is 7.56. The summed E-state index contributed by atoms with van der Waals surface area (Å²) in [5, 5.41) is 3.12. The minimum atomic E-state index is -0.117. The predicted octanol–water partition coefficient (Wildman–Crippen LogP) is 0.330. The minimum absolute atomic E-state index is 0.117. The molecule has 0 aromatic heterocycles. The fourth-order valence-corrected chi connectivity index (χ4v) is 1.29. The summed E-state index contributed by atoms with van der Waals surface area (Å²) in [5.41, 5.74) is 0. The molecular weight excluding hydrogens is 148 g/mol. The minimum Gasteiger partial charge on any atom is -0.331 e. The quantitative estimate of drug-likeness (QED) is 0.500. The van der Waals surface area contributed by atoms with Gasteiger partial charge >= 0.3 is 0 Å². The zero-order valence-corrected chi connectivity index (χ0v) is 6.90. The van der Waals surface area contributed by atoms with E-state index in [1.165, 1.54) is 0 Å². The molecule has 0 bridgehead atoms. The lowest BCUT2D eigenvalue weighted by molar-refractivity contribution is 0.204. The lowest BCUT2D eigenvalue weighted by Gasteiger charge is -2.30. The van der Waals surface area contributed by atoms with Gasteiger partial charge in [-0.2, -0.15) is 0 Å². The Morgan fingerprint density at radius 3 is 2.90 bits per heavy atom. The Morgan fingerprint density at radius 2 is 2.50 bits per heavy atom. The number of hydrogen-bond donors (Lipinski definition) is 2. The number of amides is 1. The van der Waals surface area contributed by atoms with E-state index in [0.29, 0.717) is 6.04 Å². The van der Waals surface area contributed by atoms with Crippen molar-refractivity contribution in [2.75, 3.05) is 19.6 Å². The van der Waals surface area contributed by atoms with Crippen molar-refractivity contribution in [3.63, 3.8) is 0 Å². The summed E-state index contributed by atoms with van der Waals surface area (Å²) in [7, 11) is 0. The standard InChI is InChI=1S/C6H12N2OS/c1-5-4-8(6(9)10)3-2-7-5/h5,7H,2-4H2,1H3,(H,9,10)/t5-/m0/s1. The molecule has 1 N–H and O–H groups in total. The molecule has 1 saturated heterocycles. The van der Waals surface area contributed by atoms with Gasteiger partial charge in [0.15, 0.2) is 0 Å². The van der Waals surface area contributed by atoms with Crippen LogP contribution in [0.25, 0.3) is 0 Å². The normalized spacial score (nSPS) is 26.6. The van der Waals surface area contributed by atoms with Crippen LogP contribution in [-0.2, 0) is 0 Å². The predicted molar refractivity (Wildman–Crippen MR) is 43.4 cm³/mol. The first-order chi connectivity index (χ1) is 4.70. The third-order valence-electron chi connectivity index (χ3n) is 1.64. The van der Waals surface area contributed by atoms with Gasteiger partial charge in [0.2, 0.25) is 0 Å². The van der Waals surface area contributed by atoms with Crippen LogP contribution in [0, 0.1) is 0 Å². The van der Waals surface area contributed by atoms with Crippen LogP contribution >= 0.6 is 12.6 Å². The second-order valence-corrected chi connectivity index (χ2v) is 2.97. The second-order valence-electron chi connectivity index (χ2n) is 2.58. The molecule has 0 saturated carbocycles. The van der Waals surface area contributed by atoms with Crippen molar-refractivity contribution < 1.29 is 4.79 Å². The van der Waals surface area contributed by atoms with E-state index in [9.17, 15) is 4.79 Å². The monoisotopic (exact) mass is 160 g/mol. The third kappa shape index (κ3) is 1.88. The van der Waals surface area contributed by atoms with Crippen molar-refractivity contribution in [1.29, 1.82) is 0 Å².